The number of benzene rings is 1. The van der Waals surface area contributed by atoms with Gasteiger partial charge in [0.25, 0.3) is 0 Å². The van der Waals surface area contributed by atoms with Crippen LogP contribution in [0.25, 0.3) is 22.8 Å². The van der Waals surface area contributed by atoms with Crippen LogP contribution >= 0.6 is 12.2 Å². The second kappa shape index (κ2) is 5.30. The number of rotatable bonds is 2. The van der Waals surface area contributed by atoms with Gasteiger partial charge in [0.15, 0.2) is 5.82 Å². The van der Waals surface area contributed by atoms with Crippen molar-refractivity contribution in [2.75, 3.05) is 0 Å². The summed E-state index contributed by atoms with van der Waals surface area (Å²) < 4.78 is 13.4. The highest BCUT2D eigenvalue weighted by Gasteiger charge is 2.05. The molecule has 0 radical (unpaired) electrons. The molecule has 0 amide bonds. The Hall–Kier alpha value is -2.40. The molecule has 5 heteroatoms. The van der Waals surface area contributed by atoms with Crippen molar-refractivity contribution in [3.8, 4) is 22.8 Å². The molecule has 0 saturated carbocycles. The van der Waals surface area contributed by atoms with E-state index in [4.69, 9.17) is 12.2 Å². The molecule has 0 bridgehead atoms. The normalized spacial score (nSPS) is 10.4. The third-order valence-electron chi connectivity index (χ3n) is 2.80. The molecule has 2 aromatic heterocycles. The van der Waals surface area contributed by atoms with Crippen LogP contribution in [0.15, 0.2) is 54.7 Å². The maximum atomic E-state index is 12.9. The highest BCUT2D eigenvalue weighted by Crippen LogP contribution is 2.20. The summed E-state index contributed by atoms with van der Waals surface area (Å²) >= 11 is 5.18. The number of nitrogens with one attached hydrogen (secondary N) is 1. The lowest BCUT2D eigenvalue weighted by Gasteiger charge is -2.05. The fourth-order valence-corrected chi connectivity index (χ4v) is 2.08. The molecule has 0 fully saturated rings. The Labute approximate surface area is 120 Å². The van der Waals surface area contributed by atoms with Gasteiger partial charge in [-0.15, -0.1) is 0 Å². The fourth-order valence-electron chi connectivity index (χ4n) is 1.87. The van der Waals surface area contributed by atoms with Crippen molar-refractivity contribution in [3.63, 3.8) is 0 Å². The van der Waals surface area contributed by atoms with E-state index in [1.807, 2.05) is 30.3 Å². The first-order valence-electron chi connectivity index (χ1n) is 6.01. The first kappa shape index (κ1) is 12.6. The van der Waals surface area contributed by atoms with Crippen molar-refractivity contribution in [1.82, 2.24) is 15.0 Å². The number of pyridine rings is 1. The number of hydrogen-bond acceptors (Lipinski definition) is 3. The summed E-state index contributed by atoms with van der Waals surface area (Å²) in [6, 6.07) is 14.5. The summed E-state index contributed by atoms with van der Waals surface area (Å²) in [6.07, 6.45) is 1.16. The maximum Gasteiger partial charge on any atom is 0.158 e. The molecular formula is C15H10FN3S. The predicted molar refractivity (Wildman–Crippen MR) is 78.0 cm³/mol. The summed E-state index contributed by atoms with van der Waals surface area (Å²) in [6.45, 7) is 0. The second-order valence-electron chi connectivity index (χ2n) is 4.21. The van der Waals surface area contributed by atoms with Crippen molar-refractivity contribution < 1.29 is 4.39 Å². The van der Waals surface area contributed by atoms with Gasteiger partial charge < -0.3 is 4.98 Å². The van der Waals surface area contributed by atoms with Gasteiger partial charge in [-0.3, -0.25) is 0 Å². The highest BCUT2D eigenvalue weighted by atomic mass is 32.1. The van der Waals surface area contributed by atoms with Crippen molar-refractivity contribution in [3.05, 3.63) is 65.2 Å². The molecule has 3 aromatic rings. The molecule has 1 aromatic carbocycles. The van der Waals surface area contributed by atoms with Gasteiger partial charge in [0, 0.05) is 5.69 Å². The van der Waals surface area contributed by atoms with Gasteiger partial charge >= 0.3 is 0 Å². The third kappa shape index (κ3) is 2.62. The predicted octanol–water partition coefficient (Wildman–Crippen LogP) is 4.01. The number of hydrogen-bond donors (Lipinski definition) is 1. The number of nitrogens with zero attached hydrogens (tertiary/aromatic N) is 2. The average Bonchev–Trinajstić information content (AvgIpc) is 2.48. The first-order valence-corrected chi connectivity index (χ1v) is 6.42. The lowest BCUT2D eigenvalue weighted by atomic mass is 10.1. The molecule has 20 heavy (non-hydrogen) atoms. The molecule has 1 N–H and O–H groups in total. The summed E-state index contributed by atoms with van der Waals surface area (Å²) in [5.74, 6) is 0.142. The van der Waals surface area contributed by atoms with Crippen LogP contribution in [0.2, 0.25) is 0 Å². The molecule has 0 saturated heterocycles. The van der Waals surface area contributed by atoms with Gasteiger partial charge in [-0.1, -0.05) is 42.5 Å². The van der Waals surface area contributed by atoms with Crippen LogP contribution in [-0.2, 0) is 0 Å². The largest absolute Gasteiger partial charge is 0.338 e. The van der Waals surface area contributed by atoms with E-state index in [9.17, 15) is 4.39 Å². The number of aromatic amines is 1. The van der Waals surface area contributed by atoms with Gasteiger partial charge in [0.2, 0.25) is 0 Å². The molecule has 0 aliphatic heterocycles. The van der Waals surface area contributed by atoms with Crippen molar-refractivity contribution in [2.45, 2.75) is 0 Å². The van der Waals surface area contributed by atoms with E-state index in [2.05, 4.69) is 15.0 Å². The Morgan fingerprint density at radius 2 is 1.85 bits per heavy atom. The van der Waals surface area contributed by atoms with E-state index in [0.29, 0.717) is 16.2 Å². The summed E-state index contributed by atoms with van der Waals surface area (Å²) in [5, 5.41) is 0. The van der Waals surface area contributed by atoms with Gasteiger partial charge in [-0.25, -0.2) is 14.4 Å². The van der Waals surface area contributed by atoms with E-state index >= 15 is 0 Å². The Bertz CT molecular complexity index is 782. The number of H-pyrrole nitrogens is 1. The zero-order chi connectivity index (χ0) is 13.9. The molecule has 3 rings (SSSR count). The molecule has 2 heterocycles. The molecule has 0 spiro atoms. The van der Waals surface area contributed by atoms with Gasteiger partial charge in [-0.2, -0.15) is 0 Å². The van der Waals surface area contributed by atoms with E-state index in [-0.39, 0.29) is 5.82 Å². The minimum atomic E-state index is -0.383. The van der Waals surface area contributed by atoms with E-state index in [0.717, 1.165) is 17.5 Å². The van der Waals surface area contributed by atoms with Gasteiger partial charge in [0.1, 0.15) is 16.2 Å². The van der Waals surface area contributed by atoms with Crippen LogP contribution in [0.4, 0.5) is 4.39 Å². The average molecular weight is 283 g/mol. The zero-order valence-corrected chi connectivity index (χ0v) is 11.2. The summed E-state index contributed by atoms with van der Waals surface area (Å²) in [4.78, 5) is 11.4. The van der Waals surface area contributed by atoms with Crippen LogP contribution in [0.1, 0.15) is 0 Å². The standard InChI is InChI=1S/C15H10FN3S/c16-11-6-7-12(17-9-11)15-18-13(8-14(20)19-15)10-4-2-1-3-5-10/h1-9H,(H,18,19,20). The SMILES string of the molecule is Fc1ccc(-c2nc(=S)cc(-c3ccccc3)[nH]2)nc1. The van der Waals surface area contributed by atoms with Gasteiger partial charge in [-0.05, 0) is 23.8 Å². The second-order valence-corrected chi connectivity index (χ2v) is 4.63. The van der Waals surface area contributed by atoms with Gasteiger partial charge in [0.05, 0.1) is 6.20 Å². The Balaban J connectivity index is 2.12. The van der Waals surface area contributed by atoms with Crippen LogP contribution in [0, 0.1) is 10.5 Å². The van der Waals surface area contributed by atoms with E-state index < -0.39 is 0 Å². The first-order chi connectivity index (χ1) is 9.72. The Morgan fingerprint density at radius 1 is 1.05 bits per heavy atom. The fraction of sp³-hybridized carbons (Fsp3) is 0. The maximum absolute atomic E-state index is 12.9. The molecule has 98 valence electrons. The summed E-state index contributed by atoms with van der Waals surface area (Å²) in [5.41, 5.74) is 2.41. The smallest absolute Gasteiger partial charge is 0.158 e. The van der Waals surface area contributed by atoms with E-state index in [1.54, 1.807) is 12.1 Å². The zero-order valence-electron chi connectivity index (χ0n) is 10.4. The minimum Gasteiger partial charge on any atom is -0.338 e. The summed E-state index contributed by atoms with van der Waals surface area (Å²) in [7, 11) is 0. The third-order valence-corrected chi connectivity index (χ3v) is 3.01. The number of halogens is 1. The van der Waals surface area contributed by atoms with Crippen molar-refractivity contribution in [2.24, 2.45) is 0 Å². The molecule has 0 aliphatic rings. The van der Waals surface area contributed by atoms with Crippen molar-refractivity contribution in [1.29, 1.82) is 0 Å². The monoisotopic (exact) mass is 283 g/mol. The lowest BCUT2D eigenvalue weighted by Crippen LogP contribution is -1.95. The molecule has 0 aliphatic carbocycles. The minimum absolute atomic E-state index is 0.383. The van der Waals surface area contributed by atoms with Crippen LogP contribution < -0.4 is 0 Å². The Kier molecular flexibility index (Phi) is 3.35. The number of aromatic nitrogens is 3. The Morgan fingerprint density at radius 3 is 2.55 bits per heavy atom. The topological polar surface area (TPSA) is 41.6 Å². The molecule has 0 unspecified atom stereocenters. The van der Waals surface area contributed by atoms with Crippen LogP contribution in [0.5, 0.6) is 0 Å². The quantitative estimate of drug-likeness (QED) is 0.723. The molecular weight excluding hydrogens is 273 g/mol. The van der Waals surface area contributed by atoms with Crippen LogP contribution in [-0.4, -0.2) is 15.0 Å². The molecule has 3 nitrogen and oxygen atoms in total. The molecule has 0 atom stereocenters. The van der Waals surface area contributed by atoms with E-state index in [1.165, 1.54) is 6.07 Å². The van der Waals surface area contributed by atoms with Crippen molar-refractivity contribution >= 4 is 12.2 Å². The highest BCUT2D eigenvalue weighted by molar-refractivity contribution is 7.71. The van der Waals surface area contributed by atoms with Crippen LogP contribution in [0.3, 0.4) is 0 Å². The lowest BCUT2D eigenvalue weighted by molar-refractivity contribution is 0.621.